The summed E-state index contributed by atoms with van der Waals surface area (Å²) in [6, 6.07) is 14.0. The fraction of sp³-hybridized carbons (Fsp3) is 0.286. The summed E-state index contributed by atoms with van der Waals surface area (Å²) in [6.07, 6.45) is 3.99. The Morgan fingerprint density at radius 3 is 2.77 bits per heavy atom. The highest BCUT2D eigenvalue weighted by atomic mass is 35.5. The molecule has 1 fully saturated rings. The number of ether oxygens (including phenoxy) is 1. The molecular weight excluding hydrogens is 348 g/mol. The van der Waals surface area contributed by atoms with Crippen LogP contribution in [0.5, 0.6) is 0 Å². The Balaban J connectivity index is 1.96. The lowest BCUT2D eigenvalue weighted by atomic mass is 10.0. The van der Waals surface area contributed by atoms with Crippen LogP contribution in [0.3, 0.4) is 0 Å². The van der Waals surface area contributed by atoms with E-state index in [2.05, 4.69) is 16.8 Å². The van der Waals surface area contributed by atoms with Gasteiger partial charge in [0.15, 0.2) is 0 Å². The second-order valence-electron chi connectivity index (χ2n) is 6.58. The molecule has 26 heavy (non-hydrogen) atoms. The zero-order valence-corrected chi connectivity index (χ0v) is 15.0. The molecule has 1 aliphatic heterocycles. The molecule has 0 bridgehead atoms. The molecule has 0 saturated carbocycles. The number of fused-ring (bicyclic) bond motifs is 1. The molecule has 4 rings (SSSR count). The third-order valence-electron chi connectivity index (χ3n) is 5.07. The number of hydrogen-bond donors (Lipinski definition) is 1. The zero-order chi connectivity index (χ0) is 18.1. The van der Waals surface area contributed by atoms with Gasteiger partial charge in [-0.25, -0.2) is 0 Å². The van der Waals surface area contributed by atoms with E-state index >= 15 is 0 Å². The van der Waals surface area contributed by atoms with Gasteiger partial charge in [0, 0.05) is 36.4 Å². The van der Waals surface area contributed by atoms with Crippen molar-refractivity contribution in [3.8, 4) is 17.2 Å². The number of nitriles is 1. The van der Waals surface area contributed by atoms with Crippen molar-refractivity contribution in [1.82, 2.24) is 4.57 Å². The Labute approximate surface area is 157 Å². The summed E-state index contributed by atoms with van der Waals surface area (Å²) in [7, 11) is 0. The van der Waals surface area contributed by atoms with Crippen molar-refractivity contribution in [3.05, 3.63) is 58.7 Å². The second kappa shape index (κ2) is 7.13. The molecule has 1 aromatic heterocycles. The van der Waals surface area contributed by atoms with Gasteiger partial charge in [0.2, 0.25) is 0 Å². The van der Waals surface area contributed by atoms with Crippen molar-refractivity contribution in [3.63, 3.8) is 0 Å². The van der Waals surface area contributed by atoms with E-state index in [9.17, 15) is 10.4 Å². The first-order valence-electron chi connectivity index (χ1n) is 8.74. The summed E-state index contributed by atoms with van der Waals surface area (Å²) >= 11 is 6.66. The summed E-state index contributed by atoms with van der Waals surface area (Å²) < 4.78 is 7.74. The average Bonchev–Trinajstić information content (AvgIpc) is 3.09. The second-order valence-corrected chi connectivity index (χ2v) is 6.96. The van der Waals surface area contributed by atoms with Gasteiger partial charge in [-0.1, -0.05) is 35.9 Å². The smallest absolute Gasteiger partial charge is 0.0991 e. The highest BCUT2D eigenvalue weighted by Crippen LogP contribution is 2.39. The molecule has 1 N–H and O–H groups in total. The molecule has 0 atom stereocenters. The molecule has 0 aliphatic carbocycles. The van der Waals surface area contributed by atoms with Crippen LogP contribution in [0.15, 0.2) is 42.6 Å². The third-order valence-corrected chi connectivity index (χ3v) is 5.49. The quantitative estimate of drug-likeness (QED) is 0.732. The van der Waals surface area contributed by atoms with Crippen molar-refractivity contribution in [2.75, 3.05) is 13.2 Å². The Kier molecular flexibility index (Phi) is 4.69. The predicted molar refractivity (Wildman–Crippen MR) is 102 cm³/mol. The average molecular weight is 367 g/mol. The van der Waals surface area contributed by atoms with Crippen LogP contribution in [0, 0.1) is 11.3 Å². The molecule has 0 amide bonds. The minimum absolute atomic E-state index is 0.0903. The molecule has 0 unspecified atom stereocenters. The fourth-order valence-electron chi connectivity index (χ4n) is 3.71. The normalized spacial score (nSPS) is 15.3. The van der Waals surface area contributed by atoms with Gasteiger partial charge in [0.25, 0.3) is 0 Å². The first kappa shape index (κ1) is 17.1. The molecule has 5 heteroatoms. The molecule has 2 aromatic carbocycles. The van der Waals surface area contributed by atoms with E-state index in [1.54, 1.807) is 6.07 Å². The zero-order valence-electron chi connectivity index (χ0n) is 14.3. The molecule has 0 spiro atoms. The van der Waals surface area contributed by atoms with Gasteiger partial charge in [-0.3, -0.25) is 0 Å². The minimum atomic E-state index is -0.0903. The van der Waals surface area contributed by atoms with Gasteiger partial charge >= 0.3 is 0 Å². The van der Waals surface area contributed by atoms with E-state index in [0.29, 0.717) is 16.6 Å². The maximum absolute atomic E-state index is 9.62. The molecule has 0 radical (unpaired) electrons. The Hall–Kier alpha value is -2.32. The fourth-order valence-corrected chi connectivity index (χ4v) is 4.03. The molecule has 2 heterocycles. The monoisotopic (exact) mass is 366 g/mol. The van der Waals surface area contributed by atoms with Crippen LogP contribution in [0.25, 0.3) is 22.0 Å². The lowest BCUT2D eigenvalue weighted by Gasteiger charge is -2.25. The van der Waals surface area contributed by atoms with Crippen LogP contribution in [0.4, 0.5) is 0 Å². The summed E-state index contributed by atoms with van der Waals surface area (Å²) in [4.78, 5) is 0. The van der Waals surface area contributed by atoms with Crippen molar-refractivity contribution in [1.29, 1.82) is 5.26 Å². The Morgan fingerprint density at radius 1 is 1.23 bits per heavy atom. The molecule has 1 aliphatic rings. The maximum atomic E-state index is 9.62. The van der Waals surface area contributed by atoms with E-state index in [4.69, 9.17) is 16.3 Å². The van der Waals surface area contributed by atoms with Crippen LogP contribution in [-0.4, -0.2) is 22.9 Å². The first-order chi connectivity index (χ1) is 12.7. The van der Waals surface area contributed by atoms with E-state index < -0.39 is 0 Å². The standard InChI is InChI=1S/C21H19ClN2O2/c22-20-16(13-25)4-5-18-19(15-3-1-2-14(10-15)11-23)12-24(21(18)20)17-6-8-26-9-7-17/h1-5,10,12,17,25H,6-9,13H2. The topological polar surface area (TPSA) is 58.2 Å². The van der Waals surface area contributed by atoms with Crippen molar-refractivity contribution >= 4 is 22.5 Å². The molecular formula is C21H19ClN2O2. The van der Waals surface area contributed by atoms with Gasteiger partial charge in [-0.2, -0.15) is 5.26 Å². The van der Waals surface area contributed by atoms with Gasteiger partial charge in [-0.15, -0.1) is 0 Å². The Morgan fingerprint density at radius 2 is 2.04 bits per heavy atom. The van der Waals surface area contributed by atoms with Crippen LogP contribution in [-0.2, 0) is 11.3 Å². The number of hydrogen-bond acceptors (Lipinski definition) is 3. The number of benzene rings is 2. The summed E-state index contributed by atoms with van der Waals surface area (Å²) in [6.45, 7) is 1.38. The maximum Gasteiger partial charge on any atom is 0.0991 e. The van der Waals surface area contributed by atoms with Gasteiger partial charge in [0.1, 0.15) is 0 Å². The number of aliphatic hydroxyl groups is 1. The van der Waals surface area contributed by atoms with Crippen molar-refractivity contribution < 1.29 is 9.84 Å². The van der Waals surface area contributed by atoms with Crippen molar-refractivity contribution in [2.24, 2.45) is 0 Å². The molecule has 4 nitrogen and oxygen atoms in total. The van der Waals surface area contributed by atoms with Gasteiger partial charge < -0.3 is 14.4 Å². The van der Waals surface area contributed by atoms with Crippen molar-refractivity contribution in [2.45, 2.75) is 25.5 Å². The van der Waals surface area contributed by atoms with E-state index in [-0.39, 0.29) is 6.61 Å². The number of nitrogens with zero attached hydrogens (tertiary/aromatic N) is 2. The Bertz CT molecular complexity index is 997. The summed E-state index contributed by atoms with van der Waals surface area (Å²) in [5, 5.41) is 20.5. The van der Waals surface area contributed by atoms with Gasteiger partial charge in [0.05, 0.1) is 28.8 Å². The third kappa shape index (κ3) is 2.89. The number of halogens is 1. The first-order valence-corrected chi connectivity index (χ1v) is 9.11. The highest BCUT2D eigenvalue weighted by molar-refractivity contribution is 6.36. The van der Waals surface area contributed by atoms with E-state index in [0.717, 1.165) is 53.6 Å². The predicted octanol–water partition coefficient (Wildman–Crippen LogP) is 4.68. The van der Waals surface area contributed by atoms with E-state index in [1.165, 1.54) is 0 Å². The molecule has 3 aromatic rings. The van der Waals surface area contributed by atoms with Crippen LogP contribution >= 0.6 is 11.6 Å². The van der Waals surface area contributed by atoms with Crippen LogP contribution < -0.4 is 0 Å². The van der Waals surface area contributed by atoms with Crippen LogP contribution in [0.2, 0.25) is 5.02 Å². The van der Waals surface area contributed by atoms with E-state index in [1.807, 2.05) is 30.3 Å². The molecule has 1 saturated heterocycles. The SMILES string of the molecule is N#Cc1cccc(-c2cn(C3CCOCC3)c3c(Cl)c(CO)ccc23)c1. The largest absolute Gasteiger partial charge is 0.392 e. The van der Waals surface area contributed by atoms with Crippen LogP contribution in [0.1, 0.15) is 30.0 Å². The summed E-state index contributed by atoms with van der Waals surface area (Å²) in [5.74, 6) is 0. The number of rotatable bonds is 3. The minimum Gasteiger partial charge on any atom is -0.392 e. The summed E-state index contributed by atoms with van der Waals surface area (Å²) in [5.41, 5.74) is 4.35. The number of aromatic nitrogens is 1. The van der Waals surface area contributed by atoms with Gasteiger partial charge in [-0.05, 0) is 36.1 Å². The lowest BCUT2D eigenvalue weighted by molar-refractivity contribution is 0.0707. The number of aliphatic hydroxyl groups excluding tert-OH is 1. The molecule has 132 valence electrons. The highest BCUT2D eigenvalue weighted by Gasteiger charge is 2.22. The lowest BCUT2D eigenvalue weighted by Crippen LogP contribution is -2.19.